The second-order valence-electron chi connectivity index (χ2n) is 16.9. The minimum Gasteiger partial charge on any atom is -0.375 e. The Labute approximate surface area is 267 Å². The van der Waals surface area contributed by atoms with Gasteiger partial charge >= 0.3 is 0 Å². The second kappa shape index (κ2) is 11.1. The van der Waals surface area contributed by atoms with E-state index in [2.05, 4.69) is 179 Å². The van der Waals surface area contributed by atoms with Gasteiger partial charge in [0.15, 0.2) is 0 Å². The summed E-state index contributed by atoms with van der Waals surface area (Å²) in [5.41, 5.74) is 13.1. The summed E-state index contributed by atoms with van der Waals surface area (Å²) in [5.74, 6) is 0. The van der Waals surface area contributed by atoms with E-state index in [4.69, 9.17) is 0 Å². The number of nitrogens with one attached hydrogen (secondary N) is 2. The fourth-order valence-corrected chi connectivity index (χ4v) is 6.93. The number of fused-ring (bicyclic) bond motifs is 3. The first kappa shape index (κ1) is 31.9. The summed E-state index contributed by atoms with van der Waals surface area (Å²) >= 11 is 0. The zero-order valence-electron chi connectivity index (χ0n) is 29.2. The molecule has 2 nitrogen and oxygen atoms in total. The van der Waals surface area contributed by atoms with E-state index in [1.54, 1.807) is 0 Å². The molecular formula is C42H54N2. The molecule has 232 valence electrons. The lowest BCUT2D eigenvalue weighted by Crippen LogP contribution is -2.33. The molecule has 0 fully saturated rings. The summed E-state index contributed by atoms with van der Waals surface area (Å²) < 4.78 is 0. The normalized spacial score (nSPS) is 17.1. The summed E-state index contributed by atoms with van der Waals surface area (Å²) in [6, 6.07) is 31.7. The molecule has 0 aromatic heterocycles. The smallest absolute Gasteiger partial charge is 0.0763 e. The summed E-state index contributed by atoms with van der Waals surface area (Å²) in [7, 11) is 0. The quantitative estimate of drug-likeness (QED) is 0.248. The van der Waals surface area contributed by atoms with Crippen LogP contribution in [0.25, 0.3) is 11.1 Å². The van der Waals surface area contributed by atoms with Crippen molar-refractivity contribution in [1.82, 2.24) is 0 Å². The maximum Gasteiger partial charge on any atom is 0.0763 e. The Morgan fingerprint density at radius 2 is 0.636 bits per heavy atom. The van der Waals surface area contributed by atoms with E-state index in [1.807, 2.05) is 0 Å². The third-order valence-corrected chi connectivity index (χ3v) is 9.18. The molecule has 5 rings (SSSR count). The SMILES string of the molecule is CC(C)(C)c1cccc(C(C)(C)C)c1N[C@@H]1c2ccccc2-c2ccccc2[C@@H]1Nc1c(C(C)(C)C)cccc1C(C)(C)C. The van der Waals surface area contributed by atoms with Crippen LogP contribution in [-0.2, 0) is 21.7 Å². The molecule has 4 aromatic rings. The molecule has 0 radical (unpaired) electrons. The summed E-state index contributed by atoms with van der Waals surface area (Å²) in [5, 5.41) is 8.51. The Kier molecular flexibility index (Phi) is 8.07. The van der Waals surface area contributed by atoms with E-state index < -0.39 is 0 Å². The van der Waals surface area contributed by atoms with E-state index in [0.29, 0.717) is 0 Å². The highest BCUT2D eigenvalue weighted by atomic mass is 15.0. The van der Waals surface area contributed by atoms with Crippen molar-refractivity contribution in [2.75, 3.05) is 10.6 Å². The average Bonchev–Trinajstić information content (AvgIpc) is 2.92. The molecule has 2 heteroatoms. The summed E-state index contributed by atoms with van der Waals surface area (Å²) in [6.45, 7) is 27.9. The largest absolute Gasteiger partial charge is 0.375 e. The Morgan fingerprint density at radius 1 is 0.364 bits per heavy atom. The van der Waals surface area contributed by atoms with Gasteiger partial charge in [0.05, 0.1) is 12.1 Å². The van der Waals surface area contributed by atoms with Gasteiger partial charge in [-0.25, -0.2) is 0 Å². The van der Waals surface area contributed by atoms with Crippen LogP contribution in [-0.4, -0.2) is 0 Å². The average molecular weight is 587 g/mol. The van der Waals surface area contributed by atoms with E-state index in [-0.39, 0.29) is 33.7 Å². The van der Waals surface area contributed by atoms with Crippen molar-refractivity contribution in [2.45, 2.75) is 117 Å². The van der Waals surface area contributed by atoms with Gasteiger partial charge in [-0.1, -0.05) is 168 Å². The lowest BCUT2D eigenvalue weighted by atomic mass is 9.75. The highest BCUT2D eigenvalue weighted by Gasteiger charge is 2.38. The van der Waals surface area contributed by atoms with Crippen LogP contribution in [0.4, 0.5) is 11.4 Å². The Balaban J connectivity index is 1.79. The van der Waals surface area contributed by atoms with Crippen LogP contribution in [0.5, 0.6) is 0 Å². The second-order valence-corrected chi connectivity index (χ2v) is 16.9. The molecule has 1 aliphatic carbocycles. The predicted molar refractivity (Wildman–Crippen MR) is 192 cm³/mol. The predicted octanol–water partition coefficient (Wildman–Crippen LogP) is 11.9. The van der Waals surface area contributed by atoms with Crippen LogP contribution < -0.4 is 10.6 Å². The van der Waals surface area contributed by atoms with Crippen molar-refractivity contribution in [2.24, 2.45) is 0 Å². The molecular weight excluding hydrogens is 532 g/mol. The van der Waals surface area contributed by atoms with Crippen LogP contribution in [0.1, 0.15) is 129 Å². The fraction of sp³-hybridized carbons (Fsp3) is 0.429. The Hall–Kier alpha value is -3.52. The first-order valence-corrected chi connectivity index (χ1v) is 16.4. The first-order chi connectivity index (χ1) is 20.4. The maximum absolute atomic E-state index is 4.25. The van der Waals surface area contributed by atoms with Crippen molar-refractivity contribution in [3.05, 3.63) is 118 Å². The molecule has 0 bridgehead atoms. The number of hydrogen-bond donors (Lipinski definition) is 2. The van der Waals surface area contributed by atoms with Crippen LogP contribution in [0.2, 0.25) is 0 Å². The summed E-state index contributed by atoms with van der Waals surface area (Å²) in [6.07, 6.45) is 0. The van der Waals surface area contributed by atoms with Gasteiger partial charge in [-0.2, -0.15) is 0 Å². The van der Waals surface area contributed by atoms with Crippen LogP contribution in [0, 0.1) is 0 Å². The third kappa shape index (κ3) is 6.06. The number of hydrogen-bond acceptors (Lipinski definition) is 2. The van der Waals surface area contributed by atoms with E-state index in [9.17, 15) is 0 Å². The van der Waals surface area contributed by atoms with Gasteiger partial charge in [0.2, 0.25) is 0 Å². The van der Waals surface area contributed by atoms with E-state index in [1.165, 1.54) is 55.9 Å². The number of para-hydroxylation sites is 2. The molecule has 0 unspecified atom stereocenters. The minimum absolute atomic E-state index is 0.00606. The highest BCUT2D eigenvalue weighted by Crippen LogP contribution is 2.51. The Bertz CT molecular complexity index is 1460. The molecule has 2 atom stereocenters. The minimum atomic E-state index is -0.0170. The van der Waals surface area contributed by atoms with Crippen molar-refractivity contribution >= 4 is 11.4 Å². The molecule has 0 spiro atoms. The molecule has 0 amide bonds. The van der Waals surface area contributed by atoms with Crippen LogP contribution in [0.15, 0.2) is 84.9 Å². The van der Waals surface area contributed by atoms with Crippen molar-refractivity contribution in [3.8, 4) is 11.1 Å². The first-order valence-electron chi connectivity index (χ1n) is 16.4. The molecule has 1 aliphatic rings. The third-order valence-electron chi connectivity index (χ3n) is 9.18. The Morgan fingerprint density at radius 3 is 0.909 bits per heavy atom. The van der Waals surface area contributed by atoms with Crippen LogP contribution in [0.3, 0.4) is 0 Å². The zero-order chi connectivity index (χ0) is 32.2. The van der Waals surface area contributed by atoms with Crippen molar-refractivity contribution < 1.29 is 0 Å². The molecule has 44 heavy (non-hydrogen) atoms. The number of rotatable bonds is 4. The van der Waals surface area contributed by atoms with Gasteiger partial charge in [-0.3, -0.25) is 0 Å². The lowest BCUT2D eigenvalue weighted by Gasteiger charge is -2.41. The maximum atomic E-state index is 4.25. The molecule has 4 aromatic carbocycles. The lowest BCUT2D eigenvalue weighted by molar-refractivity contribution is 0.556. The zero-order valence-corrected chi connectivity index (χ0v) is 29.2. The standard InChI is InChI=1S/C42H54N2/c1-39(2,3)31-23-17-24-32(40(4,5)6)37(31)43-35-29-21-15-13-19-27(29)28-20-14-16-22-30(28)36(35)44-38-33(41(7,8)9)25-18-26-34(38)42(10,11)12/h13-26,35-36,43-44H,1-12H3/t35-,36+. The fourth-order valence-electron chi connectivity index (χ4n) is 6.93. The van der Waals surface area contributed by atoms with Gasteiger partial charge in [-0.05, 0) is 66.2 Å². The molecule has 0 saturated carbocycles. The molecule has 0 saturated heterocycles. The van der Waals surface area contributed by atoms with Crippen molar-refractivity contribution in [1.29, 1.82) is 0 Å². The highest BCUT2D eigenvalue weighted by molar-refractivity contribution is 5.78. The summed E-state index contributed by atoms with van der Waals surface area (Å²) in [4.78, 5) is 0. The van der Waals surface area contributed by atoms with Gasteiger partial charge in [0, 0.05) is 11.4 Å². The van der Waals surface area contributed by atoms with Gasteiger partial charge in [0.1, 0.15) is 0 Å². The number of benzene rings is 4. The van der Waals surface area contributed by atoms with Gasteiger partial charge in [-0.15, -0.1) is 0 Å². The molecule has 2 N–H and O–H groups in total. The number of anilines is 2. The topological polar surface area (TPSA) is 24.1 Å². The van der Waals surface area contributed by atoms with Gasteiger partial charge in [0.25, 0.3) is 0 Å². The molecule has 0 aliphatic heterocycles. The molecule has 0 heterocycles. The van der Waals surface area contributed by atoms with E-state index >= 15 is 0 Å². The van der Waals surface area contributed by atoms with E-state index in [0.717, 1.165) is 0 Å². The van der Waals surface area contributed by atoms with Crippen molar-refractivity contribution in [3.63, 3.8) is 0 Å². The van der Waals surface area contributed by atoms with Crippen LogP contribution >= 0.6 is 0 Å². The monoisotopic (exact) mass is 586 g/mol. The van der Waals surface area contributed by atoms with Gasteiger partial charge < -0.3 is 10.6 Å².